The Morgan fingerprint density at radius 2 is 2.36 bits per heavy atom. The van der Waals surface area contributed by atoms with Gasteiger partial charge in [-0.2, -0.15) is 0 Å². The van der Waals surface area contributed by atoms with Crippen LogP contribution in [0.4, 0.5) is 0 Å². The first kappa shape index (κ1) is 10.6. The molecule has 14 heavy (non-hydrogen) atoms. The number of unbranched alkanes of at least 4 members (excludes halogenated alkanes) is 1. The van der Waals surface area contributed by atoms with E-state index in [9.17, 15) is 4.79 Å². The first-order chi connectivity index (χ1) is 6.83. The molecule has 0 saturated carbocycles. The molecule has 0 radical (unpaired) electrons. The van der Waals surface area contributed by atoms with Crippen molar-refractivity contribution >= 4 is 5.78 Å². The van der Waals surface area contributed by atoms with E-state index < -0.39 is 0 Å². The lowest BCUT2D eigenvalue weighted by Crippen LogP contribution is -2.03. The molecule has 1 aromatic heterocycles. The summed E-state index contributed by atoms with van der Waals surface area (Å²) in [5.74, 6) is 0.255. The number of allylic oxidation sites excluding steroid dienone is 1. The molecule has 0 amide bonds. The summed E-state index contributed by atoms with van der Waals surface area (Å²) in [6, 6.07) is 5.64. The maximum absolute atomic E-state index is 11.4. The van der Waals surface area contributed by atoms with E-state index in [1.165, 1.54) is 0 Å². The molecule has 74 valence electrons. The van der Waals surface area contributed by atoms with Crippen molar-refractivity contribution in [3.63, 3.8) is 0 Å². The minimum atomic E-state index is 0.255. The lowest BCUT2D eigenvalue weighted by Gasteiger charge is -1.98. The average molecular weight is 189 g/mol. The van der Waals surface area contributed by atoms with Gasteiger partial charge in [-0.25, -0.2) is 0 Å². The Bertz CT molecular complexity index is 292. The van der Waals surface area contributed by atoms with Crippen molar-refractivity contribution in [1.82, 2.24) is 4.98 Å². The third-order valence-corrected chi connectivity index (χ3v) is 1.97. The molecule has 0 aromatic carbocycles. The zero-order valence-corrected chi connectivity index (χ0v) is 8.28. The summed E-state index contributed by atoms with van der Waals surface area (Å²) in [6.07, 6.45) is 6.45. The average Bonchev–Trinajstić information content (AvgIpc) is 2.20. The Morgan fingerprint density at radius 1 is 1.50 bits per heavy atom. The Balaban J connectivity index is 2.31. The van der Waals surface area contributed by atoms with E-state index in [0.717, 1.165) is 18.5 Å². The fourth-order valence-electron chi connectivity index (χ4n) is 1.24. The zero-order valence-electron chi connectivity index (χ0n) is 8.28. The number of nitrogens with zero attached hydrogens (tertiary/aromatic N) is 1. The molecule has 1 rings (SSSR count). The number of pyridine rings is 1. The fraction of sp³-hybridized carbons (Fsp3) is 0.333. The van der Waals surface area contributed by atoms with E-state index in [2.05, 4.69) is 11.6 Å². The number of ketones is 1. The smallest absolute Gasteiger partial charge is 0.138 e. The van der Waals surface area contributed by atoms with Crippen LogP contribution in [0.15, 0.2) is 37.1 Å². The van der Waals surface area contributed by atoms with Crippen molar-refractivity contribution < 1.29 is 4.79 Å². The summed E-state index contributed by atoms with van der Waals surface area (Å²) in [4.78, 5) is 15.5. The van der Waals surface area contributed by atoms with Crippen LogP contribution in [0.2, 0.25) is 0 Å². The van der Waals surface area contributed by atoms with Crippen molar-refractivity contribution in [2.24, 2.45) is 0 Å². The largest absolute Gasteiger partial charge is 0.299 e. The predicted molar refractivity (Wildman–Crippen MR) is 57.0 cm³/mol. The lowest BCUT2D eigenvalue weighted by molar-refractivity contribution is -0.118. The van der Waals surface area contributed by atoms with Gasteiger partial charge < -0.3 is 0 Å². The van der Waals surface area contributed by atoms with E-state index in [0.29, 0.717) is 12.8 Å². The first-order valence-electron chi connectivity index (χ1n) is 4.85. The summed E-state index contributed by atoms with van der Waals surface area (Å²) in [6.45, 7) is 3.62. The van der Waals surface area contributed by atoms with Crippen molar-refractivity contribution in [2.75, 3.05) is 0 Å². The van der Waals surface area contributed by atoms with Crippen molar-refractivity contribution in [1.29, 1.82) is 0 Å². The molecular weight excluding hydrogens is 174 g/mol. The highest BCUT2D eigenvalue weighted by Gasteiger charge is 2.02. The Morgan fingerprint density at radius 3 is 3.00 bits per heavy atom. The number of rotatable bonds is 6. The van der Waals surface area contributed by atoms with Crippen LogP contribution in [-0.4, -0.2) is 10.8 Å². The van der Waals surface area contributed by atoms with E-state index in [4.69, 9.17) is 0 Å². The molecule has 0 aliphatic heterocycles. The van der Waals surface area contributed by atoms with Gasteiger partial charge in [-0.15, -0.1) is 6.58 Å². The van der Waals surface area contributed by atoms with Gasteiger partial charge in [0, 0.05) is 24.7 Å². The number of carbonyl (C=O) groups is 1. The van der Waals surface area contributed by atoms with E-state index in [1.54, 1.807) is 6.20 Å². The number of hydrogen-bond donors (Lipinski definition) is 0. The van der Waals surface area contributed by atoms with Gasteiger partial charge in [0.25, 0.3) is 0 Å². The van der Waals surface area contributed by atoms with Crippen molar-refractivity contribution in [2.45, 2.75) is 25.7 Å². The summed E-state index contributed by atoms with van der Waals surface area (Å²) < 4.78 is 0. The van der Waals surface area contributed by atoms with E-state index in [1.807, 2.05) is 24.3 Å². The molecular formula is C12H15NO. The molecule has 1 heterocycles. The highest BCUT2D eigenvalue weighted by atomic mass is 16.1. The SMILES string of the molecule is C=CCCCC(=O)Cc1ccccn1. The minimum Gasteiger partial charge on any atom is -0.299 e. The molecule has 0 aliphatic carbocycles. The first-order valence-corrected chi connectivity index (χ1v) is 4.85. The fourth-order valence-corrected chi connectivity index (χ4v) is 1.24. The molecule has 0 N–H and O–H groups in total. The maximum Gasteiger partial charge on any atom is 0.138 e. The van der Waals surface area contributed by atoms with Crippen LogP contribution in [0.3, 0.4) is 0 Å². The van der Waals surface area contributed by atoms with Crippen LogP contribution in [-0.2, 0) is 11.2 Å². The van der Waals surface area contributed by atoms with Gasteiger partial charge in [-0.3, -0.25) is 9.78 Å². The van der Waals surface area contributed by atoms with Crippen LogP contribution in [0.25, 0.3) is 0 Å². The number of Topliss-reactive ketones (excluding diaryl/α,β-unsaturated/α-hetero) is 1. The normalized spacial score (nSPS) is 9.71. The lowest BCUT2D eigenvalue weighted by atomic mass is 10.1. The van der Waals surface area contributed by atoms with Gasteiger partial charge in [0.15, 0.2) is 0 Å². The van der Waals surface area contributed by atoms with Gasteiger partial charge >= 0.3 is 0 Å². The van der Waals surface area contributed by atoms with Crippen LogP contribution in [0, 0.1) is 0 Å². The summed E-state index contributed by atoms with van der Waals surface area (Å²) >= 11 is 0. The molecule has 0 bridgehead atoms. The molecule has 0 aliphatic rings. The van der Waals surface area contributed by atoms with Crippen LogP contribution < -0.4 is 0 Å². The minimum absolute atomic E-state index is 0.255. The number of aromatic nitrogens is 1. The van der Waals surface area contributed by atoms with Crippen LogP contribution >= 0.6 is 0 Å². The zero-order chi connectivity index (χ0) is 10.2. The highest BCUT2D eigenvalue weighted by molar-refractivity contribution is 5.80. The number of hydrogen-bond acceptors (Lipinski definition) is 2. The predicted octanol–water partition coefficient (Wildman–Crippen LogP) is 2.55. The molecule has 0 fully saturated rings. The summed E-state index contributed by atoms with van der Waals surface area (Å²) in [5.41, 5.74) is 0.858. The molecule has 0 spiro atoms. The molecule has 2 nitrogen and oxygen atoms in total. The maximum atomic E-state index is 11.4. The van der Waals surface area contributed by atoms with E-state index in [-0.39, 0.29) is 5.78 Å². The van der Waals surface area contributed by atoms with Crippen LogP contribution in [0.1, 0.15) is 25.0 Å². The van der Waals surface area contributed by atoms with Crippen LogP contribution in [0.5, 0.6) is 0 Å². The second-order valence-electron chi connectivity index (χ2n) is 3.22. The Kier molecular flexibility index (Phi) is 4.62. The Labute approximate surface area is 84.7 Å². The van der Waals surface area contributed by atoms with Crippen molar-refractivity contribution in [3.8, 4) is 0 Å². The van der Waals surface area contributed by atoms with Gasteiger partial charge in [-0.05, 0) is 25.0 Å². The summed E-state index contributed by atoms with van der Waals surface area (Å²) in [5, 5.41) is 0. The summed E-state index contributed by atoms with van der Waals surface area (Å²) in [7, 11) is 0. The number of carbonyl (C=O) groups excluding carboxylic acids is 1. The quantitative estimate of drug-likeness (QED) is 0.508. The molecule has 2 heteroatoms. The second kappa shape index (κ2) is 6.08. The van der Waals surface area contributed by atoms with Gasteiger partial charge in [-0.1, -0.05) is 12.1 Å². The third kappa shape index (κ3) is 3.99. The van der Waals surface area contributed by atoms with E-state index >= 15 is 0 Å². The van der Waals surface area contributed by atoms with Gasteiger partial charge in [0.2, 0.25) is 0 Å². The topological polar surface area (TPSA) is 30.0 Å². The molecule has 0 unspecified atom stereocenters. The van der Waals surface area contributed by atoms with Crippen molar-refractivity contribution in [3.05, 3.63) is 42.7 Å². The molecule has 0 saturated heterocycles. The second-order valence-corrected chi connectivity index (χ2v) is 3.22. The monoisotopic (exact) mass is 189 g/mol. The van der Waals surface area contributed by atoms with Gasteiger partial charge in [0.1, 0.15) is 5.78 Å². The standard InChI is InChI=1S/C12H15NO/c1-2-3-4-8-12(14)10-11-7-5-6-9-13-11/h2,5-7,9H,1,3-4,8,10H2. The van der Waals surface area contributed by atoms with Gasteiger partial charge in [0.05, 0.1) is 0 Å². The highest BCUT2D eigenvalue weighted by Crippen LogP contribution is 2.02. The molecule has 0 atom stereocenters. The third-order valence-electron chi connectivity index (χ3n) is 1.97. The Hall–Kier alpha value is -1.44. The molecule has 1 aromatic rings.